The third-order valence-corrected chi connectivity index (χ3v) is 1.25. The largest absolute Gasteiger partial charge is 0.463 e. The SMILES string of the molecule is O=C(O)N=CCCCCC(F)(F)F. The predicted octanol–water partition coefficient (Wildman–Crippen LogP) is 2.86. The molecule has 0 rings (SSSR count). The van der Waals surface area contributed by atoms with Crippen LogP contribution in [0.2, 0.25) is 0 Å². The Hall–Kier alpha value is -1.07. The van der Waals surface area contributed by atoms with Gasteiger partial charge < -0.3 is 5.11 Å². The van der Waals surface area contributed by atoms with Crippen molar-refractivity contribution >= 4 is 12.3 Å². The molecule has 6 heteroatoms. The van der Waals surface area contributed by atoms with Crippen LogP contribution in [0, 0.1) is 0 Å². The zero-order chi connectivity index (χ0) is 10.3. The summed E-state index contributed by atoms with van der Waals surface area (Å²) in [6.07, 6.45) is -4.58. The number of amides is 1. The highest BCUT2D eigenvalue weighted by atomic mass is 19.4. The van der Waals surface area contributed by atoms with Gasteiger partial charge in [-0.3, -0.25) is 0 Å². The number of halogens is 3. The van der Waals surface area contributed by atoms with Gasteiger partial charge in [-0.25, -0.2) is 4.79 Å². The van der Waals surface area contributed by atoms with Gasteiger partial charge in [0.25, 0.3) is 0 Å². The van der Waals surface area contributed by atoms with Gasteiger partial charge in [0.15, 0.2) is 0 Å². The molecule has 0 spiro atoms. The Bertz CT molecular complexity index is 189. The highest BCUT2D eigenvalue weighted by Crippen LogP contribution is 2.22. The molecular weight excluding hydrogens is 187 g/mol. The maximum atomic E-state index is 11.6. The molecule has 0 aromatic rings. The Kier molecular flexibility index (Phi) is 5.10. The molecular formula is C7H10F3NO2. The fraction of sp³-hybridized carbons (Fsp3) is 0.714. The molecule has 1 amide bonds. The van der Waals surface area contributed by atoms with Crippen LogP contribution < -0.4 is 0 Å². The van der Waals surface area contributed by atoms with Crippen molar-refractivity contribution in [3.63, 3.8) is 0 Å². The van der Waals surface area contributed by atoms with Crippen molar-refractivity contribution in [1.82, 2.24) is 0 Å². The average Bonchev–Trinajstić information content (AvgIpc) is 1.93. The Morgan fingerprint density at radius 3 is 2.46 bits per heavy atom. The summed E-state index contributed by atoms with van der Waals surface area (Å²) in [7, 11) is 0. The van der Waals surface area contributed by atoms with Crippen LogP contribution in [0.5, 0.6) is 0 Å². The summed E-state index contributed by atoms with van der Waals surface area (Å²) in [6, 6.07) is 0. The van der Waals surface area contributed by atoms with Crippen LogP contribution in [-0.4, -0.2) is 23.6 Å². The Labute approximate surface area is 73.3 Å². The van der Waals surface area contributed by atoms with Crippen LogP contribution in [0.15, 0.2) is 4.99 Å². The van der Waals surface area contributed by atoms with E-state index in [0.717, 1.165) is 6.21 Å². The molecule has 3 nitrogen and oxygen atoms in total. The Morgan fingerprint density at radius 1 is 1.38 bits per heavy atom. The monoisotopic (exact) mass is 197 g/mol. The van der Waals surface area contributed by atoms with Crippen molar-refractivity contribution < 1.29 is 23.1 Å². The van der Waals surface area contributed by atoms with E-state index in [-0.39, 0.29) is 12.8 Å². The minimum absolute atomic E-state index is 0.00907. The number of rotatable bonds is 4. The summed E-state index contributed by atoms with van der Waals surface area (Å²) in [6.45, 7) is 0. The molecule has 0 saturated carbocycles. The lowest BCUT2D eigenvalue weighted by molar-refractivity contribution is -0.135. The third-order valence-electron chi connectivity index (χ3n) is 1.25. The van der Waals surface area contributed by atoms with Gasteiger partial charge in [0, 0.05) is 12.6 Å². The van der Waals surface area contributed by atoms with E-state index in [2.05, 4.69) is 4.99 Å². The number of aliphatic imine (C=N–C) groups is 1. The molecule has 13 heavy (non-hydrogen) atoms. The lowest BCUT2D eigenvalue weighted by Crippen LogP contribution is -2.06. The van der Waals surface area contributed by atoms with Crippen molar-refractivity contribution in [2.45, 2.75) is 31.9 Å². The minimum atomic E-state index is -4.12. The van der Waals surface area contributed by atoms with Crippen molar-refractivity contribution in [2.24, 2.45) is 4.99 Å². The van der Waals surface area contributed by atoms with Crippen molar-refractivity contribution in [1.29, 1.82) is 0 Å². The van der Waals surface area contributed by atoms with Crippen LogP contribution in [0.3, 0.4) is 0 Å². The van der Waals surface area contributed by atoms with E-state index in [9.17, 15) is 18.0 Å². The van der Waals surface area contributed by atoms with Gasteiger partial charge >= 0.3 is 12.3 Å². The van der Waals surface area contributed by atoms with Crippen LogP contribution in [0.4, 0.5) is 18.0 Å². The van der Waals surface area contributed by atoms with Gasteiger partial charge in [0.05, 0.1) is 0 Å². The zero-order valence-electron chi connectivity index (χ0n) is 6.84. The number of unbranched alkanes of at least 4 members (excludes halogenated alkanes) is 2. The van der Waals surface area contributed by atoms with Crippen molar-refractivity contribution in [3.8, 4) is 0 Å². The fourth-order valence-electron chi connectivity index (χ4n) is 0.704. The van der Waals surface area contributed by atoms with E-state index in [0.29, 0.717) is 6.42 Å². The first kappa shape index (κ1) is 11.9. The number of hydrogen-bond donors (Lipinski definition) is 1. The van der Waals surface area contributed by atoms with E-state index < -0.39 is 18.7 Å². The molecule has 0 heterocycles. The second-order valence-electron chi connectivity index (χ2n) is 2.46. The molecule has 0 aromatic heterocycles. The summed E-state index contributed by atoms with van der Waals surface area (Å²) in [5.41, 5.74) is 0. The lowest BCUT2D eigenvalue weighted by atomic mass is 10.2. The molecule has 0 fully saturated rings. The van der Waals surface area contributed by atoms with E-state index in [4.69, 9.17) is 5.11 Å². The highest BCUT2D eigenvalue weighted by Gasteiger charge is 2.25. The first-order valence-electron chi connectivity index (χ1n) is 3.74. The third kappa shape index (κ3) is 10.9. The quantitative estimate of drug-likeness (QED) is 0.556. The highest BCUT2D eigenvalue weighted by molar-refractivity contribution is 5.77. The summed E-state index contributed by atoms with van der Waals surface area (Å²) in [5.74, 6) is 0. The summed E-state index contributed by atoms with van der Waals surface area (Å²) >= 11 is 0. The van der Waals surface area contributed by atoms with Gasteiger partial charge in [-0.2, -0.15) is 18.2 Å². The maximum Gasteiger partial charge on any atom is 0.430 e. The van der Waals surface area contributed by atoms with Crippen LogP contribution in [-0.2, 0) is 0 Å². The molecule has 0 aliphatic rings. The average molecular weight is 197 g/mol. The molecule has 0 radical (unpaired) electrons. The zero-order valence-corrected chi connectivity index (χ0v) is 6.84. The number of alkyl halides is 3. The second kappa shape index (κ2) is 5.55. The Morgan fingerprint density at radius 2 is 2.00 bits per heavy atom. The van der Waals surface area contributed by atoms with Gasteiger partial charge in [0.2, 0.25) is 0 Å². The van der Waals surface area contributed by atoms with Crippen molar-refractivity contribution in [2.75, 3.05) is 0 Å². The molecule has 0 aliphatic carbocycles. The van der Waals surface area contributed by atoms with Gasteiger partial charge in [-0.05, 0) is 19.3 Å². The van der Waals surface area contributed by atoms with E-state index in [1.165, 1.54) is 0 Å². The molecule has 76 valence electrons. The smallest absolute Gasteiger partial charge is 0.430 e. The van der Waals surface area contributed by atoms with Crippen LogP contribution >= 0.6 is 0 Å². The maximum absolute atomic E-state index is 11.6. The molecule has 1 N–H and O–H groups in total. The second-order valence-corrected chi connectivity index (χ2v) is 2.46. The summed E-state index contributed by atoms with van der Waals surface area (Å²) < 4.78 is 34.7. The first-order valence-corrected chi connectivity index (χ1v) is 3.74. The number of carbonyl (C=O) groups is 1. The van der Waals surface area contributed by atoms with E-state index in [1.807, 2.05) is 0 Å². The van der Waals surface area contributed by atoms with Crippen molar-refractivity contribution in [3.05, 3.63) is 0 Å². The first-order chi connectivity index (χ1) is 5.92. The predicted molar refractivity (Wildman–Crippen MR) is 41.0 cm³/mol. The van der Waals surface area contributed by atoms with E-state index in [1.54, 1.807) is 0 Å². The molecule has 0 unspecified atom stereocenters. The Balaban J connectivity index is 3.32. The number of nitrogens with zero attached hydrogens (tertiary/aromatic N) is 1. The standard InChI is InChI=1S/C7H10F3NO2/c8-7(9,10)4-2-1-3-5-11-6(12)13/h5H,1-4H2,(H,12,13). The molecule has 0 aliphatic heterocycles. The number of carboxylic acid groups (broad SMARTS) is 1. The van der Waals surface area contributed by atoms with Gasteiger partial charge in [0.1, 0.15) is 0 Å². The summed E-state index contributed by atoms with van der Waals surface area (Å²) in [5, 5.41) is 8.02. The molecule has 0 bridgehead atoms. The van der Waals surface area contributed by atoms with Crippen LogP contribution in [0.1, 0.15) is 25.7 Å². The lowest BCUT2D eigenvalue weighted by Gasteiger charge is -2.03. The molecule has 0 aromatic carbocycles. The molecule has 0 atom stereocenters. The van der Waals surface area contributed by atoms with Crippen LogP contribution in [0.25, 0.3) is 0 Å². The fourth-order valence-corrected chi connectivity index (χ4v) is 0.704. The normalized spacial score (nSPS) is 12.2. The topological polar surface area (TPSA) is 49.7 Å². The minimum Gasteiger partial charge on any atom is -0.463 e. The molecule has 0 saturated heterocycles. The summed E-state index contributed by atoms with van der Waals surface area (Å²) in [4.78, 5) is 12.8. The van der Waals surface area contributed by atoms with Gasteiger partial charge in [-0.15, -0.1) is 0 Å². The van der Waals surface area contributed by atoms with Gasteiger partial charge in [-0.1, -0.05) is 0 Å². The van der Waals surface area contributed by atoms with E-state index >= 15 is 0 Å². The number of hydrogen-bond acceptors (Lipinski definition) is 1.